The standard InChI is InChI=1S/C8H15N3O/c1-6-4-10-7(12)11(6)5-8(2,3)9/h4H,5,9H2,1-3H3,(H,10,12). The third kappa shape index (κ3) is 1.98. The lowest BCUT2D eigenvalue weighted by molar-refractivity contribution is 0.422. The minimum Gasteiger partial charge on any atom is -0.324 e. The lowest BCUT2D eigenvalue weighted by Crippen LogP contribution is -2.40. The number of H-pyrrole nitrogens is 1. The van der Waals surface area contributed by atoms with E-state index in [0.29, 0.717) is 6.54 Å². The summed E-state index contributed by atoms with van der Waals surface area (Å²) in [5, 5.41) is 0. The molecule has 0 aromatic carbocycles. The molecule has 0 saturated carbocycles. The number of hydrogen-bond acceptors (Lipinski definition) is 2. The first kappa shape index (κ1) is 9.06. The Morgan fingerprint density at radius 2 is 2.25 bits per heavy atom. The van der Waals surface area contributed by atoms with Crippen LogP contribution in [0.5, 0.6) is 0 Å². The predicted octanol–water partition coefficient (Wildman–Crippen LogP) is 0.222. The van der Waals surface area contributed by atoms with Gasteiger partial charge < -0.3 is 10.7 Å². The summed E-state index contributed by atoms with van der Waals surface area (Å²) in [6.07, 6.45) is 1.69. The Labute approximate surface area is 71.4 Å². The van der Waals surface area contributed by atoms with Crippen molar-refractivity contribution < 1.29 is 0 Å². The number of aryl methyl sites for hydroxylation is 1. The van der Waals surface area contributed by atoms with Crippen LogP contribution in [0.15, 0.2) is 11.0 Å². The number of nitrogens with two attached hydrogens (primary N) is 1. The van der Waals surface area contributed by atoms with E-state index in [2.05, 4.69) is 4.98 Å². The lowest BCUT2D eigenvalue weighted by atomic mass is 10.1. The van der Waals surface area contributed by atoms with Gasteiger partial charge in [0, 0.05) is 24.0 Å². The molecule has 0 aliphatic heterocycles. The summed E-state index contributed by atoms with van der Waals surface area (Å²) >= 11 is 0. The van der Waals surface area contributed by atoms with Crippen molar-refractivity contribution in [2.45, 2.75) is 32.9 Å². The maximum absolute atomic E-state index is 11.2. The van der Waals surface area contributed by atoms with Crippen LogP contribution in [0, 0.1) is 6.92 Å². The molecule has 0 radical (unpaired) electrons. The van der Waals surface area contributed by atoms with Gasteiger partial charge in [-0.2, -0.15) is 0 Å². The molecule has 0 saturated heterocycles. The van der Waals surface area contributed by atoms with Crippen LogP contribution in [0.1, 0.15) is 19.5 Å². The first-order valence-corrected chi connectivity index (χ1v) is 3.94. The molecule has 0 aliphatic rings. The number of nitrogens with one attached hydrogen (secondary N) is 1. The average molecular weight is 169 g/mol. The Bertz CT molecular complexity index is 316. The Hall–Kier alpha value is -1.03. The molecule has 0 fully saturated rings. The summed E-state index contributed by atoms with van der Waals surface area (Å²) in [5.74, 6) is 0. The maximum atomic E-state index is 11.2. The number of aromatic nitrogens is 2. The second kappa shape index (κ2) is 2.79. The van der Waals surface area contributed by atoms with Gasteiger partial charge in [-0.25, -0.2) is 4.79 Å². The number of hydrogen-bond donors (Lipinski definition) is 2. The zero-order valence-corrected chi connectivity index (χ0v) is 7.72. The SMILES string of the molecule is Cc1c[nH]c(=O)n1CC(C)(C)N. The summed E-state index contributed by atoms with van der Waals surface area (Å²) in [5.41, 5.74) is 6.26. The predicted molar refractivity (Wildman–Crippen MR) is 48.1 cm³/mol. The van der Waals surface area contributed by atoms with Crippen LogP contribution in [0.3, 0.4) is 0 Å². The van der Waals surface area contributed by atoms with Gasteiger partial charge in [-0.05, 0) is 20.8 Å². The van der Waals surface area contributed by atoms with Crippen LogP contribution < -0.4 is 11.4 Å². The molecule has 1 aromatic rings. The third-order valence-electron chi connectivity index (χ3n) is 1.64. The molecule has 12 heavy (non-hydrogen) atoms. The number of nitrogens with zero attached hydrogens (tertiary/aromatic N) is 1. The normalized spacial score (nSPS) is 12.0. The zero-order chi connectivity index (χ0) is 9.35. The first-order chi connectivity index (χ1) is 5.40. The highest BCUT2D eigenvalue weighted by atomic mass is 16.1. The molecule has 3 N–H and O–H groups in total. The molecule has 1 heterocycles. The summed E-state index contributed by atoms with van der Waals surface area (Å²) in [7, 11) is 0. The molecule has 0 spiro atoms. The fourth-order valence-electron chi connectivity index (χ4n) is 1.09. The number of imidazole rings is 1. The van der Waals surface area contributed by atoms with Gasteiger partial charge in [0.1, 0.15) is 0 Å². The summed E-state index contributed by atoms with van der Waals surface area (Å²) in [6.45, 7) is 6.21. The number of aromatic amines is 1. The van der Waals surface area contributed by atoms with E-state index >= 15 is 0 Å². The van der Waals surface area contributed by atoms with E-state index in [1.54, 1.807) is 10.8 Å². The highest BCUT2D eigenvalue weighted by molar-refractivity contribution is 4.96. The van der Waals surface area contributed by atoms with Crippen molar-refractivity contribution >= 4 is 0 Å². The van der Waals surface area contributed by atoms with Gasteiger partial charge in [-0.3, -0.25) is 4.57 Å². The van der Waals surface area contributed by atoms with Crippen molar-refractivity contribution in [3.8, 4) is 0 Å². The molecule has 4 heteroatoms. The Balaban J connectivity index is 2.96. The molecule has 0 unspecified atom stereocenters. The second-order valence-corrected chi connectivity index (χ2v) is 3.81. The van der Waals surface area contributed by atoms with E-state index in [0.717, 1.165) is 5.69 Å². The summed E-state index contributed by atoms with van der Waals surface area (Å²) < 4.78 is 1.64. The molecule has 0 aliphatic carbocycles. The fourth-order valence-corrected chi connectivity index (χ4v) is 1.09. The molecule has 4 nitrogen and oxygen atoms in total. The number of rotatable bonds is 2. The minimum atomic E-state index is -0.350. The Kier molecular flexibility index (Phi) is 2.10. The van der Waals surface area contributed by atoms with Gasteiger partial charge in [0.2, 0.25) is 0 Å². The van der Waals surface area contributed by atoms with Gasteiger partial charge in [-0.15, -0.1) is 0 Å². The molecule has 0 amide bonds. The molecule has 1 rings (SSSR count). The lowest BCUT2D eigenvalue weighted by Gasteiger charge is -2.19. The minimum absolute atomic E-state index is 0.0916. The topological polar surface area (TPSA) is 63.8 Å². The molecular formula is C8H15N3O. The largest absolute Gasteiger partial charge is 0.325 e. The highest BCUT2D eigenvalue weighted by Gasteiger charge is 2.13. The average Bonchev–Trinajstić information content (AvgIpc) is 2.16. The molecular weight excluding hydrogens is 154 g/mol. The van der Waals surface area contributed by atoms with Crippen molar-refractivity contribution in [1.29, 1.82) is 0 Å². The van der Waals surface area contributed by atoms with Gasteiger partial charge in [0.15, 0.2) is 0 Å². The maximum Gasteiger partial charge on any atom is 0.325 e. The summed E-state index contributed by atoms with van der Waals surface area (Å²) in [4.78, 5) is 13.8. The van der Waals surface area contributed by atoms with Crippen LogP contribution in [0.25, 0.3) is 0 Å². The van der Waals surface area contributed by atoms with Crippen LogP contribution in [0.4, 0.5) is 0 Å². The monoisotopic (exact) mass is 169 g/mol. The van der Waals surface area contributed by atoms with Crippen LogP contribution in [0.2, 0.25) is 0 Å². The van der Waals surface area contributed by atoms with Gasteiger partial charge in [0.05, 0.1) is 0 Å². The quantitative estimate of drug-likeness (QED) is 0.665. The molecule has 0 atom stereocenters. The molecule has 0 bridgehead atoms. The third-order valence-corrected chi connectivity index (χ3v) is 1.64. The van der Waals surface area contributed by atoms with Gasteiger partial charge >= 0.3 is 5.69 Å². The van der Waals surface area contributed by atoms with Crippen molar-refractivity contribution in [2.75, 3.05) is 0 Å². The van der Waals surface area contributed by atoms with Crippen molar-refractivity contribution in [3.63, 3.8) is 0 Å². The van der Waals surface area contributed by atoms with E-state index < -0.39 is 0 Å². The Morgan fingerprint density at radius 3 is 2.58 bits per heavy atom. The second-order valence-electron chi connectivity index (χ2n) is 3.81. The highest BCUT2D eigenvalue weighted by Crippen LogP contribution is 2.02. The van der Waals surface area contributed by atoms with E-state index in [1.807, 2.05) is 20.8 Å². The van der Waals surface area contributed by atoms with Gasteiger partial charge in [0.25, 0.3) is 0 Å². The Morgan fingerprint density at radius 1 is 1.67 bits per heavy atom. The van der Waals surface area contributed by atoms with Gasteiger partial charge in [-0.1, -0.05) is 0 Å². The zero-order valence-electron chi connectivity index (χ0n) is 7.72. The van der Waals surface area contributed by atoms with E-state index in [1.165, 1.54) is 0 Å². The van der Waals surface area contributed by atoms with Crippen molar-refractivity contribution in [3.05, 3.63) is 22.4 Å². The van der Waals surface area contributed by atoms with E-state index in [-0.39, 0.29) is 11.2 Å². The van der Waals surface area contributed by atoms with Crippen LogP contribution >= 0.6 is 0 Å². The van der Waals surface area contributed by atoms with E-state index in [9.17, 15) is 4.79 Å². The van der Waals surface area contributed by atoms with Crippen molar-refractivity contribution in [2.24, 2.45) is 5.73 Å². The smallest absolute Gasteiger partial charge is 0.324 e. The fraction of sp³-hybridized carbons (Fsp3) is 0.625. The first-order valence-electron chi connectivity index (χ1n) is 3.94. The van der Waals surface area contributed by atoms with Crippen LogP contribution in [-0.4, -0.2) is 15.1 Å². The summed E-state index contributed by atoms with van der Waals surface area (Å²) in [6, 6.07) is 0. The van der Waals surface area contributed by atoms with Crippen molar-refractivity contribution in [1.82, 2.24) is 9.55 Å². The molecule has 1 aromatic heterocycles. The van der Waals surface area contributed by atoms with Crippen LogP contribution in [-0.2, 0) is 6.54 Å². The molecule has 68 valence electrons. The van der Waals surface area contributed by atoms with E-state index in [4.69, 9.17) is 5.73 Å².